The molecule has 4 rings (SSSR count). The van der Waals surface area contributed by atoms with Gasteiger partial charge in [-0.05, 0) is 79.0 Å². The van der Waals surface area contributed by atoms with E-state index < -0.39 is 0 Å². The van der Waals surface area contributed by atoms with Crippen molar-refractivity contribution in [1.29, 1.82) is 0 Å². The lowest BCUT2D eigenvalue weighted by Crippen LogP contribution is -2.33. The summed E-state index contributed by atoms with van der Waals surface area (Å²) in [6.07, 6.45) is 9.85. The summed E-state index contributed by atoms with van der Waals surface area (Å²) in [5.74, 6) is 4.26. The van der Waals surface area contributed by atoms with Gasteiger partial charge in [-0.3, -0.25) is 0 Å². The van der Waals surface area contributed by atoms with Crippen LogP contribution < -0.4 is 0 Å². The van der Waals surface area contributed by atoms with E-state index in [-0.39, 0.29) is 0 Å². The van der Waals surface area contributed by atoms with Crippen LogP contribution >= 0.6 is 0 Å². The van der Waals surface area contributed by atoms with Crippen molar-refractivity contribution in [3.63, 3.8) is 0 Å². The molecule has 0 spiro atoms. The summed E-state index contributed by atoms with van der Waals surface area (Å²) in [4.78, 5) is 0. The van der Waals surface area contributed by atoms with Crippen LogP contribution in [0.5, 0.6) is 5.75 Å². The van der Waals surface area contributed by atoms with Gasteiger partial charge in [0.15, 0.2) is 0 Å². The Bertz CT molecular complexity index is 465. The van der Waals surface area contributed by atoms with E-state index in [2.05, 4.69) is 6.07 Å². The first-order chi connectivity index (χ1) is 8.83. The molecule has 96 valence electrons. The maximum absolute atomic E-state index is 9.63. The SMILES string of the molecule is Oc1ccc2c(c1)CC[C@H]1[C@@H]3CCC[C@H]3CC[C@H]21. The van der Waals surface area contributed by atoms with E-state index >= 15 is 0 Å². The molecule has 0 radical (unpaired) electrons. The molecule has 0 aromatic heterocycles. The molecule has 1 aromatic carbocycles. The van der Waals surface area contributed by atoms with Gasteiger partial charge in [0.2, 0.25) is 0 Å². The molecular weight excluding hydrogens is 220 g/mol. The van der Waals surface area contributed by atoms with Crippen LogP contribution in [-0.2, 0) is 6.42 Å². The molecule has 0 bridgehead atoms. The van der Waals surface area contributed by atoms with Gasteiger partial charge >= 0.3 is 0 Å². The molecule has 2 fully saturated rings. The molecule has 18 heavy (non-hydrogen) atoms. The van der Waals surface area contributed by atoms with Crippen LogP contribution in [0.2, 0.25) is 0 Å². The van der Waals surface area contributed by atoms with Gasteiger partial charge in [0.05, 0.1) is 0 Å². The number of phenolic OH excluding ortho intramolecular Hbond substituents is 1. The van der Waals surface area contributed by atoms with E-state index in [0.717, 1.165) is 23.7 Å². The van der Waals surface area contributed by atoms with Crippen molar-refractivity contribution in [2.45, 2.75) is 50.9 Å². The molecular formula is C17H22O. The Morgan fingerprint density at radius 1 is 0.944 bits per heavy atom. The lowest BCUT2D eigenvalue weighted by atomic mass is 9.61. The van der Waals surface area contributed by atoms with Crippen LogP contribution in [0.25, 0.3) is 0 Å². The highest BCUT2D eigenvalue weighted by molar-refractivity contribution is 5.39. The fraction of sp³-hybridized carbons (Fsp3) is 0.647. The maximum Gasteiger partial charge on any atom is 0.115 e. The van der Waals surface area contributed by atoms with Crippen LogP contribution in [0.3, 0.4) is 0 Å². The third kappa shape index (κ3) is 1.52. The molecule has 3 aliphatic carbocycles. The first kappa shape index (κ1) is 10.9. The second kappa shape index (κ2) is 4.01. The van der Waals surface area contributed by atoms with Gasteiger partial charge < -0.3 is 5.11 Å². The number of benzene rings is 1. The molecule has 3 aliphatic rings. The summed E-state index contributed by atoms with van der Waals surface area (Å²) >= 11 is 0. The minimum absolute atomic E-state index is 0.446. The zero-order chi connectivity index (χ0) is 12.1. The van der Waals surface area contributed by atoms with Crippen LogP contribution in [0, 0.1) is 17.8 Å². The molecule has 0 amide bonds. The van der Waals surface area contributed by atoms with E-state index in [9.17, 15) is 5.11 Å². The normalized spacial score (nSPS) is 37.8. The van der Waals surface area contributed by atoms with Crippen molar-refractivity contribution in [2.75, 3.05) is 0 Å². The molecule has 1 aromatic rings. The predicted molar refractivity (Wildman–Crippen MR) is 72.7 cm³/mol. The van der Waals surface area contributed by atoms with Crippen molar-refractivity contribution in [1.82, 2.24) is 0 Å². The summed E-state index contributed by atoms with van der Waals surface area (Å²) in [5.41, 5.74) is 2.99. The standard InChI is InChI=1S/C17H22O/c18-13-6-9-15-12(10-13)5-8-16-14-3-1-2-11(14)4-7-17(15)16/h6,9-11,14,16-18H,1-5,7-8H2/t11-,14+,16-,17+/m0/s1. The minimum atomic E-state index is 0.446. The van der Waals surface area contributed by atoms with Crippen LogP contribution in [-0.4, -0.2) is 5.11 Å². The molecule has 0 saturated heterocycles. The van der Waals surface area contributed by atoms with Crippen LogP contribution in [0.1, 0.15) is 55.6 Å². The van der Waals surface area contributed by atoms with Crippen molar-refractivity contribution in [3.8, 4) is 5.75 Å². The summed E-state index contributed by atoms with van der Waals surface area (Å²) < 4.78 is 0. The second-order valence-electron chi connectivity index (χ2n) is 6.62. The van der Waals surface area contributed by atoms with Crippen LogP contribution in [0.15, 0.2) is 18.2 Å². The Morgan fingerprint density at radius 2 is 1.89 bits per heavy atom. The lowest BCUT2D eigenvalue weighted by molar-refractivity contribution is 0.136. The smallest absolute Gasteiger partial charge is 0.115 e. The molecule has 0 unspecified atom stereocenters. The number of hydrogen-bond donors (Lipinski definition) is 1. The van der Waals surface area contributed by atoms with Gasteiger partial charge in [-0.15, -0.1) is 0 Å². The van der Waals surface area contributed by atoms with Gasteiger partial charge in [-0.2, -0.15) is 0 Å². The Balaban J connectivity index is 1.71. The van der Waals surface area contributed by atoms with E-state index in [0.29, 0.717) is 5.75 Å². The van der Waals surface area contributed by atoms with Crippen molar-refractivity contribution >= 4 is 0 Å². The topological polar surface area (TPSA) is 20.2 Å². The molecule has 4 atom stereocenters. The van der Waals surface area contributed by atoms with Gasteiger partial charge in [-0.25, -0.2) is 0 Å². The fourth-order valence-corrected chi connectivity index (χ4v) is 5.19. The Kier molecular flexibility index (Phi) is 2.43. The lowest BCUT2D eigenvalue weighted by Gasteiger charge is -2.44. The average Bonchev–Trinajstić information content (AvgIpc) is 2.86. The average molecular weight is 242 g/mol. The summed E-state index contributed by atoms with van der Waals surface area (Å²) in [7, 11) is 0. The number of aryl methyl sites for hydroxylation is 1. The maximum atomic E-state index is 9.63. The highest BCUT2D eigenvalue weighted by Crippen LogP contribution is 2.55. The van der Waals surface area contributed by atoms with Gasteiger partial charge in [-0.1, -0.05) is 18.9 Å². The van der Waals surface area contributed by atoms with Crippen LogP contribution in [0.4, 0.5) is 0 Å². The zero-order valence-electron chi connectivity index (χ0n) is 10.9. The first-order valence-corrected chi connectivity index (χ1v) is 7.65. The Hall–Kier alpha value is -0.980. The second-order valence-corrected chi connectivity index (χ2v) is 6.62. The number of hydrogen-bond acceptors (Lipinski definition) is 1. The zero-order valence-corrected chi connectivity index (χ0v) is 10.9. The fourth-order valence-electron chi connectivity index (χ4n) is 5.19. The van der Waals surface area contributed by atoms with E-state index in [1.54, 1.807) is 5.56 Å². The van der Waals surface area contributed by atoms with Gasteiger partial charge in [0, 0.05) is 0 Å². The Morgan fingerprint density at radius 3 is 2.83 bits per heavy atom. The van der Waals surface area contributed by atoms with E-state index in [1.165, 1.54) is 50.5 Å². The Labute approximate surface area is 109 Å². The molecule has 1 N–H and O–H groups in total. The van der Waals surface area contributed by atoms with Crippen molar-refractivity contribution in [3.05, 3.63) is 29.3 Å². The summed E-state index contributed by atoms with van der Waals surface area (Å²) in [6, 6.07) is 6.10. The summed E-state index contributed by atoms with van der Waals surface area (Å²) in [5, 5.41) is 9.63. The van der Waals surface area contributed by atoms with Gasteiger partial charge in [0.25, 0.3) is 0 Å². The minimum Gasteiger partial charge on any atom is -0.508 e. The number of fused-ring (bicyclic) bond motifs is 5. The summed E-state index contributed by atoms with van der Waals surface area (Å²) in [6.45, 7) is 0. The molecule has 2 saturated carbocycles. The molecule has 0 aliphatic heterocycles. The predicted octanol–water partition coefficient (Wildman–Crippen LogP) is 4.25. The highest BCUT2D eigenvalue weighted by Gasteiger charge is 2.43. The third-order valence-electron chi connectivity index (χ3n) is 5.91. The van der Waals surface area contributed by atoms with Crippen molar-refractivity contribution in [2.24, 2.45) is 17.8 Å². The van der Waals surface area contributed by atoms with Crippen molar-refractivity contribution < 1.29 is 5.11 Å². The van der Waals surface area contributed by atoms with E-state index in [1.807, 2.05) is 12.1 Å². The monoisotopic (exact) mass is 242 g/mol. The van der Waals surface area contributed by atoms with E-state index in [4.69, 9.17) is 0 Å². The first-order valence-electron chi connectivity index (χ1n) is 7.65. The molecule has 0 heterocycles. The highest BCUT2D eigenvalue weighted by atomic mass is 16.3. The largest absolute Gasteiger partial charge is 0.508 e. The third-order valence-corrected chi connectivity index (χ3v) is 5.91. The molecule has 1 heteroatoms. The molecule has 1 nitrogen and oxygen atoms in total. The quantitative estimate of drug-likeness (QED) is 0.721. The number of phenols is 1. The number of rotatable bonds is 0. The van der Waals surface area contributed by atoms with Gasteiger partial charge in [0.1, 0.15) is 5.75 Å². The number of aromatic hydroxyl groups is 1.